The van der Waals surface area contributed by atoms with E-state index in [0.717, 1.165) is 24.8 Å². The largest absolute Gasteiger partial charge is 0.328 e. The van der Waals surface area contributed by atoms with Gasteiger partial charge in [-0.15, -0.1) is 0 Å². The predicted molar refractivity (Wildman–Crippen MR) is 71.7 cm³/mol. The van der Waals surface area contributed by atoms with Crippen molar-refractivity contribution in [3.8, 4) is 0 Å². The molecule has 0 radical (unpaired) electrons. The van der Waals surface area contributed by atoms with E-state index in [1.807, 2.05) is 39.8 Å². The van der Waals surface area contributed by atoms with Crippen LogP contribution in [0.15, 0.2) is 18.2 Å². The summed E-state index contributed by atoms with van der Waals surface area (Å²) in [5.41, 5.74) is 7.59. The molecule has 2 heteroatoms. The average Bonchev–Trinajstić information content (AvgIpc) is 2.18. The molecular formula is C15H24FN. The Labute approximate surface area is 104 Å². The zero-order chi connectivity index (χ0) is 13.1. The van der Waals surface area contributed by atoms with Gasteiger partial charge in [0.05, 0.1) is 0 Å². The fraction of sp³-hybridized carbons (Fsp3) is 0.600. The van der Waals surface area contributed by atoms with Gasteiger partial charge in [-0.05, 0) is 48.8 Å². The third-order valence-electron chi connectivity index (χ3n) is 2.96. The van der Waals surface area contributed by atoms with E-state index in [4.69, 9.17) is 5.73 Å². The predicted octanol–water partition coefficient (Wildman–Crippen LogP) is 3.79. The fourth-order valence-corrected chi connectivity index (χ4v) is 1.93. The van der Waals surface area contributed by atoms with Crippen molar-refractivity contribution in [1.82, 2.24) is 0 Å². The highest BCUT2D eigenvalue weighted by molar-refractivity contribution is 5.30. The lowest BCUT2D eigenvalue weighted by Gasteiger charge is -2.20. The molecule has 1 rings (SSSR count). The molecule has 0 spiro atoms. The first kappa shape index (κ1) is 14.2. The molecule has 17 heavy (non-hydrogen) atoms. The highest BCUT2D eigenvalue weighted by Crippen LogP contribution is 2.26. The van der Waals surface area contributed by atoms with Crippen molar-refractivity contribution >= 4 is 0 Å². The van der Waals surface area contributed by atoms with Gasteiger partial charge in [-0.25, -0.2) is 4.39 Å². The fourth-order valence-electron chi connectivity index (χ4n) is 1.93. The number of rotatable bonds is 4. The van der Waals surface area contributed by atoms with E-state index in [1.165, 1.54) is 5.56 Å². The van der Waals surface area contributed by atoms with Gasteiger partial charge < -0.3 is 5.73 Å². The highest BCUT2D eigenvalue weighted by Gasteiger charge is 2.18. The second-order valence-corrected chi connectivity index (χ2v) is 5.93. The Morgan fingerprint density at radius 1 is 1.29 bits per heavy atom. The lowest BCUT2D eigenvalue weighted by Crippen LogP contribution is -2.15. The van der Waals surface area contributed by atoms with Crippen LogP contribution in [0.25, 0.3) is 0 Å². The van der Waals surface area contributed by atoms with E-state index in [2.05, 4.69) is 0 Å². The Hall–Kier alpha value is -0.890. The van der Waals surface area contributed by atoms with E-state index in [0.29, 0.717) is 0 Å². The number of nitrogens with two attached hydrogens (primary N) is 1. The van der Waals surface area contributed by atoms with Crippen LogP contribution >= 0.6 is 0 Å². The van der Waals surface area contributed by atoms with Crippen molar-refractivity contribution in [3.05, 3.63) is 35.1 Å². The molecule has 0 bridgehead atoms. The molecule has 0 saturated heterocycles. The molecule has 2 N–H and O–H groups in total. The molecule has 0 aliphatic rings. The van der Waals surface area contributed by atoms with Crippen LogP contribution in [0.1, 0.15) is 51.7 Å². The molecule has 0 aliphatic heterocycles. The summed E-state index contributed by atoms with van der Waals surface area (Å²) in [7, 11) is 0. The van der Waals surface area contributed by atoms with Gasteiger partial charge in [0.25, 0.3) is 0 Å². The average molecular weight is 237 g/mol. The van der Waals surface area contributed by atoms with Crippen LogP contribution in [0.4, 0.5) is 4.39 Å². The third kappa shape index (κ3) is 4.47. The molecule has 96 valence electrons. The van der Waals surface area contributed by atoms with Crippen molar-refractivity contribution in [2.75, 3.05) is 0 Å². The van der Waals surface area contributed by atoms with Crippen LogP contribution in [-0.2, 0) is 11.8 Å². The Kier molecular flexibility index (Phi) is 4.70. The molecule has 1 aromatic carbocycles. The maximum absolute atomic E-state index is 13.7. The van der Waals surface area contributed by atoms with E-state index < -0.39 is 0 Å². The molecular weight excluding hydrogens is 213 g/mol. The summed E-state index contributed by atoms with van der Waals surface area (Å²) >= 11 is 0. The zero-order valence-corrected chi connectivity index (χ0v) is 11.4. The number of halogens is 1. The summed E-state index contributed by atoms with van der Waals surface area (Å²) in [4.78, 5) is 0. The second-order valence-electron chi connectivity index (χ2n) is 5.93. The Balaban J connectivity index is 2.76. The summed E-state index contributed by atoms with van der Waals surface area (Å²) < 4.78 is 13.7. The van der Waals surface area contributed by atoms with Gasteiger partial charge in [0, 0.05) is 6.04 Å². The van der Waals surface area contributed by atoms with Gasteiger partial charge in [0.2, 0.25) is 0 Å². The number of hydrogen-bond donors (Lipinski definition) is 1. The van der Waals surface area contributed by atoms with Gasteiger partial charge in [0.15, 0.2) is 0 Å². The molecule has 0 amide bonds. The molecule has 0 saturated carbocycles. The molecule has 0 aromatic heterocycles. The minimum atomic E-state index is -0.138. The number of hydrogen-bond acceptors (Lipinski definition) is 1. The Morgan fingerprint density at radius 3 is 2.47 bits per heavy atom. The van der Waals surface area contributed by atoms with Crippen LogP contribution < -0.4 is 5.73 Å². The second kappa shape index (κ2) is 5.63. The molecule has 0 fully saturated rings. The monoisotopic (exact) mass is 237 g/mol. The van der Waals surface area contributed by atoms with Crippen molar-refractivity contribution in [3.63, 3.8) is 0 Å². The zero-order valence-electron chi connectivity index (χ0n) is 11.4. The van der Waals surface area contributed by atoms with E-state index >= 15 is 0 Å². The minimum absolute atomic E-state index is 0.103. The molecule has 1 aromatic rings. The Bertz CT molecular complexity index is 364. The molecule has 1 atom stereocenters. The van der Waals surface area contributed by atoms with Crippen LogP contribution in [0.3, 0.4) is 0 Å². The van der Waals surface area contributed by atoms with Crippen LogP contribution in [0, 0.1) is 5.82 Å². The topological polar surface area (TPSA) is 26.0 Å². The van der Waals surface area contributed by atoms with Crippen molar-refractivity contribution in [1.29, 1.82) is 0 Å². The lowest BCUT2D eigenvalue weighted by atomic mass is 9.85. The van der Waals surface area contributed by atoms with Crippen molar-refractivity contribution in [2.45, 2.75) is 58.4 Å². The normalized spacial score (nSPS) is 13.8. The molecule has 0 heterocycles. The van der Waals surface area contributed by atoms with E-state index in [1.54, 1.807) is 6.07 Å². The maximum atomic E-state index is 13.7. The third-order valence-corrected chi connectivity index (χ3v) is 2.96. The Morgan fingerprint density at radius 2 is 1.94 bits per heavy atom. The van der Waals surface area contributed by atoms with Crippen LogP contribution in [0.5, 0.6) is 0 Å². The van der Waals surface area contributed by atoms with Gasteiger partial charge in [-0.3, -0.25) is 0 Å². The number of aryl methyl sites for hydroxylation is 1. The van der Waals surface area contributed by atoms with Gasteiger partial charge in [-0.1, -0.05) is 32.9 Å². The lowest BCUT2D eigenvalue weighted by molar-refractivity contribution is 0.521. The first-order valence-corrected chi connectivity index (χ1v) is 6.35. The van der Waals surface area contributed by atoms with Gasteiger partial charge >= 0.3 is 0 Å². The summed E-state index contributed by atoms with van der Waals surface area (Å²) in [6.07, 6.45) is 3.06. The molecule has 0 unspecified atom stereocenters. The standard InChI is InChI=1S/C15H24FN/c1-11(17)6-5-7-12-8-9-14(16)13(10-12)15(2,3)4/h8-11H,5-7,17H2,1-4H3/t11-/m1/s1. The summed E-state index contributed by atoms with van der Waals surface area (Å²) in [6, 6.07) is 5.71. The quantitative estimate of drug-likeness (QED) is 0.847. The minimum Gasteiger partial charge on any atom is -0.328 e. The van der Waals surface area contributed by atoms with Crippen molar-refractivity contribution < 1.29 is 4.39 Å². The smallest absolute Gasteiger partial charge is 0.126 e. The van der Waals surface area contributed by atoms with Gasteiger partial charge in [0.1, 0.15) is 5.82 Å². The SMILES string of the molecule is C[C@@H](N)CCCc1ccc(F)c(C(C)(C)C)c1. The summed E-state index contributed by atoms with van der Waals surface area (Å²) in [5, 5.41) is 0. The van der Waals surface area contributed by atoms with E-state index in [9.17, 15) is 4.39 Å². The molecule has 0 aliphatic carbocycles. The first-order chi connectivity index (χ1) is 7.80. The van der Waals surface area contributed by atoms with Gasteiger partial charge in [-0.2, -0.15) is 0 Å². The van der Waals surface area contributed by atoms with Crippen LogP contribution in [-0.4, -0.2) is 6.04 Å². The van der Waals surface area contributed by atoms with E-state index in [-0.39, 0.29) is 17.3 Å². The first-order valence-electron chi connectivity index (χ1n) is 6.35. The molecule has 1 nitrogen and oxygen atoms in total. The summed E-state index contributed by atoms with van der Waals surface area (Å²) in [6.45, 7) is 8.14. The van der Waals surface area contributed by atoms with Crippen molar-refractivity contribution in [2.24, 2.45) is 5.73 Å². The maximum Gasteiger partial charge on any atom is 0.126 e. The number of benzene rings is 1. The van der Waals surface area contributed by atoms with Crippen LogP contribution in [0.2, 0.25) is 0 Å². The summed E-state index contributed by atoms with van der Waals surface area (Å²) in [5.74, 6) is -0.103. The highest BCUT2D eigenvalue weighted by atomic mass is 19.1.